The van der Waals surface area contributed by atoms with E-state index in [2.05, 4.69) is 15.2 Å². The number of nitrogens with one attached hydrogen (secondary N) is 1. The first-order chi connectivity index (χ1) is 10.7. The minimum Gasteiger partial charge on any atom is -0.371 e. The van der Waals surface area contributed by atoms with Crippen molar-refractivity contribution in [2.75, 3.05) is 24.5 Å². The fourth-order valence-electron chi connectivity index (χ4n) is 3.12. The molecule has 1 aromatic rings. The van der Waals surface area contributed by atoms with Crippen molar-refractivity contribution < 1.29 is 4.39 Å². The second-order valence-corrected chi connectivity index (χ2v) is 6.31. The molecule has 22 heavy (non-hydrogen) atoms. The number of hydrogen-bond donors (Lipinski definition) is 2. The second kappa shape index (κ2) is 6.99. The third kappa shape index (κ3) is 3.51. The molecule has 1 aliphatic carbocycles. The summed E-state index contributed by atoms with van der Waals surface area (Å²) in [4.78, 5) is 6.58. The number of halogens is 1. The van der Waals surface area contributed by atoms with Crippen LogP contribution in [0.25, 0.3) is 0 Å². The molecular weight excluding hydrogens is 279 g/mol. The van der Waals surface area contributed by atoms with Crippen LogP contribution in [0.5, 0.6) is 0 Å². The minimum absolute atomic E-state index is 0.194. The van der Waals surface area contributed by atoms with Gasteiger partial charge in [0, 0.05) is 30.9 Å². The number of anilines is 1. The third-order valence-electron chi connectivity index (χ3n) is 4.74. The summed E-state index contributed by atoms with van der Waals surface area (Å²) in [6.45, 7) is 3.17. The largest absolute Gasteiger partial charge is 0.371 e. The van der Waals surface area contributed by atoms with Crippen molar-refractivity contribution in [3.63, 3.8) is 0 Å². The molecule has 1 aliphatic heterocycles. The van der Waals surface area contributed by atoms with Crippen molar-refractivity contribution in [1.82, 2.24) is 5.32 Å². The molecule has 4 nitrogen and oxygen atoms in total. The Kier molecular flexibility index (Phi) is 4.80. The first kappa shape index (κ1) is 15.1. The quantitative estimate of drug-likeness (QED) is 0.649. The lowest BCUT2D eigenvalue weighted by Gasteiger charge is -2.25. The molecule has 0 aromatic heterocycles. The van der Waals surface area contributed by atoms with Gasteiger partial charge >= 0.3 is 0 Å². The number of guanidine groups is 1. The average molecular weight is 304 g/mol. The van der Waals surface area contributed by atoms with Crippen molar-refractivity contribution in [3.8, 4) is 0 Å². The molecule has 2 fully saturated rings. The highest BCUT2D eigenvalue weighted by Gasteiger charge is 2.18. The van der Waals surface area contributed by atoms with Gasteiger partial charge in [-0.05, 0) is 43.7 Å². The van der Waals surface area contributed by atoms with Crippen molar-refractivity contribution in [2.45, 2.75) is 38.6 Å². The van der Waals surface area contributed by atoms with Crippen LogP contribution in [0.3, 0.4) is 0 Å². The fourth-order valence-corrected chi connectivity index (χ4v) is 3.12. The molecule has 2 aliphatic rings. The van der Waals surface area contributed by atoms with Gasteiger partial charge in [-0.15, -0.1) is 0 Å². The lowest BCUT2D eigenvalue weighted by molar-refractivity contribution is 0.315. The van der Waals surface area contributed by atoms with Gasteiger partial charge in [-0.2, -0.15) is 0 Å². The minimum atomic E-state index is -0.194. The third-order valence-corrected chi connectivity index (χ3v) is 4.74. The predicted molar refractivity (Wildman–Crippen MR) is 88.5 cm³/mol. The Hall–Kier alpha value is -1.78. The average Bonchev–Trinajstić information content (AvgIpc) is 2.98. The van der Waals surface area contributed by atoms with Crippen LogP contribution in [0.1, 0.15) is 37.7 Å². The molecule has 0 unspecified atom stereocenters. The number of rotatable bonds is 5. The van der Waals surface area contributed by atoms with Crippen LogP contribution in [0, 0.1) is 11.7 Å². The SMILES string of the molecule is NC(=NCc1c(F)cccc1N1CCCC1)NCC1CCC1. The Morgan fingerprint density at radius 3 is 2.73 bits per heavy atom. The van der Waals surface area contributed by atoms with Crippen LogP contribution in [0.15, 0.2) is 23.2 Å². The van der Waals surface area contributed by atoms with E-state index < -0.39 is 0 Å². The Morgan fingerprint density at radius 2 is 2.05 bits per heavy atom. The van der Waals surface area contributed by atoms with E-state index in [1.165, 1.54) is 38.2 Å². The summed E-state index contributed by atoms with van der Waals surface area (Å²) in [6.07, 6.45) is 6.20. The molecule has 3 N–H and O–H groups in total. The van der Waals surface area contributed by atoms with Crippen molar-refractivity contribution in [2.24, 2.45) is 16.6 Å². The van der Waals surface area contributed by atoms with Gasteiger partial charge in [0.05, 0.1) is 6.54 Å². The maximum absolute atomic E-state index is 14.2. The first-order valence-corrected chi connectivity index (χ1v) is 8.30. The highest BCUT2D eigenvalue weighted by Crippen LogP contribution is 2.27. The molecule has 120 valence electrons. The van der Waals surface area contributed by atoms with E-state index in [-0.39, 0.29) is 5.82 Å². The van der Waals surface area contributed by atoms with E-state index in [1.807, 2.05) is 6.07 Å². The zero-order valence-electron chi connectivity index (χ0n) is 13.0. The smallest absolute Gasteiger partial charge is 0.188 e. The van der Waals surface area contributed by atoms with Crippen LogP contribution >= 0.6 is 0 Å². The lowest BCUT2D eigenvalue weighted by Crippen LogP contribution is -2.37. The van der Waals surface area contributed by atoms with E-state index in [0.29, 0.717) is 18.1 Å². The second-order valence-electron chi connectivity index (χ2n) is 6.31. The van der Waals surface area contributed by atoms with Gasteiger partial charge in [0.2, 0.25) is 0 Å². The number of hydrogen-bond acceptors (Lipinski definition) is 2. The van der Waals surface area contributed by atoms with Gasteiger partial charge < -0.3 is 16.0 Å². The Labute approximate surface area is 131 Å². The number of benzene rings is 1. The van der Waals surface area contributed by atoms with E-state index in [0.717, 1.165) is 31.2 Å². The molecule has 1 heterocycles. The van der Waals surface area contributed by atoms with Crippen molar-refractivity contribution in [3.05, 3.63) is 29.6 Å². The first-order valence-electron chi connectivity index (χ1n) is 8.30. The maximum atomic E-state index is 14.2. The van der Waals surface area contributed by atoms with Gasteiger partial charge in [0.1, 0.15) is 5.82 Å². The normalized spacial score (nSPS) is 19.3. The van der Waals surface area contributed by atoms with E-state index in [1.54, 1.807) is 6.07 Å². The number of nitrogens with zero attached hydrogens (tertiary/aromatic N) is 2. The molecular formula is C17H25FN4. The highest BCUT2D eigenvalue weighted by molar-refractivity contribution is 5.78. The summed E-state index contributed by atoms with van der Waals surface area (Å²) in [5, 5.41) is 3.15. The number of nitrogens with two attached hydrogens (primary N) is 1. The van der Waals surface area contributed by atoms with Gasteiger partial charge in [0.25, 0.3) is 0 Å². The summed E-state index contributed by atoms with van der Waals surface area (Å²) < 4.78 is 14.2. The van der Waals surface area contributed by atoms with Crippen LogP contribution in [0.2, 0.25) is 0 Å². The Balaban J connectivity index is 1.65. The maximum Gasteiger partial charge on any atom is 0.188 e. The summed E-state index contributed by atoms with van der Waals surface area (Å²) in [5.41, 5.74) is 7.52. The van der Waals surface area contributed by atoms with Gasteiger partial charge in [-0.25, -0.2) is 9.38 Å². The van der Waals surface area contributed by atoms with Gasteiger partial charge in [-0.3, -0.25) is 0 Å². The molecule has 0 radical (unpaired) electrons. The zero-order valence-corrected chi connectivity index (χ0v) is 13.0. The molecule has 0 atom stereocenters. The Morgan fingerprint density at radius 1 is 1.27 bits per heavy atom. The van der Waals surface area contributed by atoms with Crippen molar-refractivity contribution >= 4 is 11.6 Å². The molecule has 0 spiro atoms. The zero-order chi connectivity index (χ0) is 15.4. The summed E-state index contributed by atoms with van der Waals surface area (Å²) in [7, 11) is 0. The number of aliphatic imine (C=N–C) groups is 1. The van der Waals surface area contributed by atoms with Crippen LogP contribution < -0.4 is 16.0 Å². The van der Waals surface area contributed by atoms with E-state index in [9.17, 15) is 4.39 Å². The monoisotopic (exact) mass is 304 g/mol. The predicted octanol–water partition coefficient (Wildman–Crippen LogP) is 2.63. The summed E-state index contributed by atoms with van der Waals surface area (Å²) >= 11 is 0. The van der Waals surface area contributed by atoms with Gasteiger partial charge in [-0.1, -0.05) is 12.5 Å². The highest BCUT2D eigenvalue weighted by atomic mass is 19.1. The van der Waals surface area contributed by atoms with E-state index in [4.69, 9.17) is 5.73 Å². The standard InChI is InChI=1S/C17H25FN4/c18-15-7-4-8-16(22-9-1-2-10-22)14(15)12-21-17(19)20-11-13-5-3-6-13/h4,7-8,13H,1-3,5-6,9-12H2,(H3,19,20,21). The molecule has 1 saturated heterocycles. The van der Waals surface area contributed by atoms with Crippen LogP contribution in [-0.2, 0) is 6.54 Å². The molecule has 1 aromatic carbocycles. The van der Waals surface area contributed by atoms with Crippen LogP contribution in [0.4, 0.5) is 10.1 Å². The molecule has 0 amide bonds. The summed E-state index contributed by atoms with van der Waals surface area (Å²) in [5.74, 6) is 0.949. The fraction of sp³-hybridized carbons (Fsp3) is 0.588. The van der Waals surface area contributed by atoms with Gasteiger partial charge in [0.15, 0.2) is 5.96 Å². The van der Waals surface area contributed by atoms with Crippen LogP contribution in [-0.4, -0.2) is 25.6 Å². The molecule has 1 saturated carbocycles. The van der Waals surface area contributed by atoms with E-state index >= 15 is 0 Å². The molecule has 0 bridgehead atoms. The summed E-state index contributed by atoms with van der Waals surface area (Å²) in [6, 6.07) is 5.26. The topological polar surface area (TPSA) is 53.6 Å². The lowest BCUT2D eigenvalue weighted by atomic mass is 9.85. The van der Waals surface area contributed by atoms with Crippen molar-refractivity contribution in [1.29, 1.82) is 0 Å². The Bertz CT molecular complexity index is 533. The molecule has 3 rings (SSSR count). The molecule has 5 heteroatoms.